The number of nitrogens with zero attached hydrogens (tertiary/aromatic N) is 1. The molecule has 1 fully saturated rings. The lowest BCUT2D eigenvalue weighted by molar-refractivity contribution is 0.0947. The maximum atomic E-state index is 12.4. The number of carbonyl (C=O) groups is 1. The van der Waals surface area contributed by atoms with Crippen molar-refractivity contribution in [3.63, 3.8) is 0 Å². The summed E-state index contributed by atoms with van der Waals surface area (Å²) in [7, 11) is 0. The predicted molar refractivity (Wildman–Crippen MR) is 122 cm³/mol. The molecule has 1 aliphatic heterocycles. The van der Waals surface area contributed by atoms with E-state index in [-0.39, 0.29) is 5.91 Å². The molecule has 0 bridgehead atoms. The molecule has 4 heteroatoms. The van der Waals surface area contributed by atoms with Crippen LogP contribution in [0.1, 0.15) is 41.6 Å². The van der Waals surface area contributed by atoms with E-state index in [1.807, 2.05) is 36.4 Å². The number of benzene rings is 3. The molecule has 4 rings (SSSR count). The van der Waals surface area contributed by atoms with Crippen LogP contribution in [0.3, 0.4) is 0 Å². The van der Waals surface area contributed by atoms with Crippen LogP contribution < -0.4 is 10.1 Å². The van der Waals surface area contributed by atoms with E-state index in [0.29, 0.717) is 18.7 Å². The Morgan fingerprint density at radius 2 is 1.60 bits per heavy atom. The SMILES string of the molecule is O=C(NCCOc1ccc2ccccc2c1)c1ccc(CN2CCCCCC2)cc1. The van der Waals surface area contributed by atoms with Crippen molar-refractivity contribution in [1.29, 1.82) is 0 Å². The van der Waals surface area contributed by atoms with Crippen molar-refractivity contribution < 1.29 is 9.53 Å². The van der Waals surface area contributed by atoms with Crippen LogP contribution in [0.25, 0.3) is 10.8 Å². The zero-order chi connectivity index (χ0) is 20.6. The number of carbonyl (C=O) groups excluding carboxylic acids is 1. The second-order valence-corrected chi connectivity index (χ2v) is 8.00. The molecule has 3 aromatic rings. The largest absolute Gasteiger partial charge is 0.492 e. The van der Waals surface area contributed by atoms with E-state index in [4.69, 9.17) is 4.74 Å². The van der Waals surface area contributed by atoms with Crippen LogP contribution in [0.2, 0.25) is 0 Å². The fourth-order valence-corrected chi connectivity index (χ4v) is 4.01. The molecule has 1 N–H and O–H groups in total. The van der Waals surface area contributed by atoms with Crippen molar-refractivity contribution in [2.45, 2.75) is 32.2 Å². The molecule has 0 spiro atoms. The molecule has 0 atom stereocenters. The Morgan fingerprint density at radius 3 is 2.37 bits per heavy atom. The van der Waals surface area contributed by atoms with Crippen molar-refractivity contribution in [2.75, 3.05) is 26.2 Å². The highest BCUT2D eigenvalue weighted by molar-refractivity contribution is 5.94. The zero-order valence-corrected chi connectivity index (χ0v) is 17.5. The molecular weight excluding hydrogens is 372 g/mol. The quantitative estimate of drug-likeness (QED) is 0.564. The van der Waals surface area contributed by atoms with Gasteiger partial charge in [-0.3, -0.25) is 9.69 Å². The fourth-order valence-electron chi connectivity index (χ4n) is 4.01. The first-order valence-electron chi connectivity index (χ1n) is 11.0. The molecule has 1 amide bonds. The van der Waals surface area contributed by atoms with Crippen molar-refractivity contribution in [1.82, 2.24) is 10.2 Å². The normalized spacial score (nSPS) is 14.9. The van der Waals surface area contributed by atoms with Crippen LogP contribution in [-0.2, 0) is 6.54 Å². The lowest BCUT2D eigenvalue weighted by Gasteiger charge is -2.19. The van der Waals surface area contributed by atoms with Gasteiger partial charge >= 0.3 is 0 Å². The summed E-state index contributed by atoms with van der Waals surface area (Å²) in [6, 6.07) is 22.2. The van der Waals surface area contributed by atoms with Gasteiger partial charge in [-0.05, 0) is 66.5 Å². The number of hydrogen-bond acceptors (Lipinski definition) is 3. The smallest absolute Gasteiger partial charge is 0.251 e. The Labute approximate surface area is 178 Å². The van der Waals surface area contributed by atoms with Crippen LogP contribution in [0.4, 0.5) is 0 Å². The Bertz CT molecular complexity index is 960. The molecule has 30 heavy (non-hydrogen) atoms. The predicted octanol–water partition coefficient (Wildman–Crippen LogP) is 5.02. The monoisotopic (exact) mass is 402 g/mol. The highest BCUT2D eigenvalue weighted by Gasteiger charge is 2.10. The minimum atomic E-state index is -0.0570. The number of amides is 1. The van der Waals surface area contributed by atoms with Crippen molar-refractivity contribution >= 4 is 16.7 Å². The maximum absolute atomic E-state index is 12.4. The third-order valence-corrected chi connectivity index (χ3v) is 5.70. The van der Waals surface area contributed by atoms with Gasteiger partial charge in [0.05, 0.1) is 6.54 Å². The summed E-state index contributed by atoms with van der Waals surface area (Å²) in [5.74, 6) is 0.763. The number of rotatable bonds is 7. The van der Waals surface area contributed by atoms with Gasteiger partial charge in [-0.2, -0.15) is 0 Å². The van der Waals surface area contributed by atoms with Gasteiger partial charge in [0, 0.05) is 12.1 Å². The second kappa shape index (κ2) is 10.3. The van der Waals surface area contributed by atoms with Gasteiger partial charge in [-0.15, -0.1) is 0 Å². The standard InChI is InChI=1S/C26H30N2O2/c29-26(23-11-9-21(10-12-23)20-28-16-5-1-2-6-17-28)27-15-18-30-25-14-13-22-7-3-4-8-24(22)19-25/h3-4,7-14,19H,1-2,5-6,15-18,20H2,(H,27,29). The van der Waals surface area contributed by atoms with E-state index in [9.17, 15) is 4.79 Å². The molecule has 1 saturated heterocycles. The van der Waals surface area contributed by atoms with Gasteiger partial charge in [-0.1, -0.05) is 55.3 Å². The number of nitrogens with one attached hydrogen (secondary N) is 1. The zero-order valence-electron chi connectivity index (χ0n) is 17.5. The maximum Gasteiger partial charge on any atom is 0.251 e. The molecule has 0 aliphatic carbocycles. The summed E-state index contributed by atoms with van der Waals surface area (Å²) in [4.78, 5) is 14.9. The first kappa shape index (κ1) is 20.4. The van der Waals surface area contributed by atoms with Crippen molar-refractivity contribution in [3.8, 4) is 5.75 Å². The highest BCUT2D eigenvalue weighted by atomic mass is 16.5. The Hall–Kier alpha value is -2.85. The average molecular weight is 403 g/mol. The second-order valence-electron chi connectivity index (χ2n) is 8.00. The van der Waals surface area contributed by atoms with Gasteiger partial charge in [0.2, 0.25) is 0 Å². The van der Waals surface area contributed by atoms with Crippen molar-refractivity contribution in [2.24, 2.45) is 0 Å². The number of hydrogen-bond donors (Lipinski definition) is 1. The first-order valence-corrected chi connectivity index (χ1v) is 11.0. The molecule has 0 saturated carbocycles. The molecule has 1 heterocycles. The molecule has 156 valence electrons. The third kappa shape index (κ3) is 5.61. The summed E-state index contributed by atoms with van der Waals surface area (Å²) < 4.78 is 5.79. The van der Waals surface area contributed by atoms with E-state index in [2.05, 4.69) is 40.5 Å². The third-order valence-electron chi connectivity index (χ3n) is 5.70. The van der Waals surface area contributed by atoms with Crippen LogP contribution >= 0.6 is 0 Å². The summed E-state index contributed by atoms with van der Waals surface area (Å²) in [5, 5.41) is 5.29. The number of ether oxygens (including phenoxy) is 1. The van der Waals surface area contributed by atoms with Gasteiger partial charge in [-0.25, -0.2) is 0 Å². The summed E-state index contributed by atoms with van der Waals surface area (Å²) in [6.45, 7) is 4.25. The number of likely N-dealkylation sites (tertiary alicyclic amines) is 1. The molecular formula is C26H30N2O2. The lowest BCUT2D eigenvalue weighted by Crippen LogP contribution is -2.28. The van der Waals surface area contributed by atoms with Crippen LogP contribution in [0, 0.1) is 0 Å². The van der Waals surface area contributed by atoms with Gasteiger partial charge in [0.1, 0.15) is 12.4 Å². The summed E-state index contributed by atoms with van der Waals surface area (Å²) in [5.41, 5.74) is 1.97. The molecule has 4 nitrogen and oxygen atoms in total. The minimum Gasteiger partial charge on any atom is -0.492 e. The molecule has 0 aromatic heterocycles. The van der Waals surface area contributed by atoms with Gasteiger partial charge in [0.15, 0.2) is 0 Å². The Balaban J connectivity index is 1.22. The van der Waals surface area contributed by atoms with E-state index in [1.54, 1.807) is 0 Å². The highest BCUT2D eigenvalue weighted by Crippen LogP contribution is 2.20. The molecule has 0 unspecified atom stereocenters. The minimum absolute atomic E-state index is 0.0570. The van der Waals surface area contributed by atoms with Gasteiger partial charge < -0.3 is 10.1 Å². The topological polar surface area (TPSA) is 41.6 Å². The van der Waals surface area contributed by atoms with Crippen LogP contribution in [0.5, 0.6) is 5.75 Å². The molecule has 0 radical (unpaired) electrons. The number of fused-ring (bicyclic) bond motifs is 1. The fraction of sp³-hybridized carbons (Fsp3) is 0.346. The lowest BCUT2D eigenvalue weighted by atomic mass is 10.1. The van der Waals surface area contributed by atoms with E-state index >= 15 is 0 Å². The molecule has 3 aromatic carbocycles. The summed E-state index contributed by atoms with van der Waals surface area (Å²) in [6.07, 6.45) is 5.28. The Morgan fingerprint density at radius 1 is 0.867 bits per heavy atom. The van der Waals surface area contributed by atoms with Crippen LogP contribution in [0.15, 0.2) is 66.7 Å². The first-order chi connectivity index (χ1) is 14.8. The van der Waals surface area contributed by atoms with Gasteiger partial charge in [0.25, 0.3) is 5.91 Å². The van der Waals surface area contributed by atoms with Crippen LogP contribution in [-0.4, -0.2) is 37.0 Å². The average Bonchev–Trinajstić information content (AvgIpc) is 3.05. The van der Waals surface area contributed by atoms with E-state index in [1.165, 1.54) is 49.7 Å². The van der Waals surface area contributed by atoms with E-state index in [0.717, 1.165) is 17.7 Å². The van der Waals surface area contributed by atoms with E-state index < -0.39 is 0 Å². The molecule has 1 aliphatic rings. The van der Waals surface area contributed by atoms with Crippen molar-refractivity contribution in [3.05, 3.63) is 77.9 Å². The summed E-state index contributed by atoms with van der Waals surface area (Å²) >= 11 is 0. The Kier molecular flexibility index (Phi) is 6.99.